The van der Waals surface area contributed by atoms with Crippen LogP contribution in [0.4, 0.5) is 4.79 Å². The summed E-state index contributed by atoms with van der Waals surface area (Å²) in [5, 5.41) is 12.3. The minimum atomic E-state index is -0.0724. The number of rotatable bonds is 7. The number of hydrogen-bond acceptors (Lipinski definition) is 4. The summed E-state index contributed by atoms with van der Waals surface area (Å²) in [6.45, 7) is 10.4. The van der Waals surface area contributed by atoms with Crippen LogP contribution in [-0.2, 0) is 6.54 Å². The Labute approximate surface area is 149 Å². The van der Waals surface area contributed by atoms with Crippen LogP contribution in [0.2, 0.25) is 0 Å². The number of carbonyl (C=O) groups excluding carboxylic acids is 1. The Morgan fingerprint density at radius 1 is 1.50 bits per heavy atom. The lowest BCUT2D eigenvalue weighted by Crippen LogP contribution is -2.46. The van der Waals surface area contributed by atoms with Crippen molar-refractivity contribution in [2.45, 2.75) is 46.2 Å². The first kappa shape index (κ1) is 19.2. The SMILES string of the molecule is Cc1ccc(CN(CCO)C(=O)NC[C@@H]2CCCN(C(C)C)C2)s1. The lowest BCUT2D eigenvalue weighted by atomic mass is 9.97. The molecule has 1 aliphatic heterocycles. The van der Waals surface area contributed by atoms with Crippen molar-refractivity contribution in [2.75, 3.05) is 32.8 Å². The number of aliphatic hydroxyl groups excluding tert-OH is 1. The van der Waals surface area contributed by atoms with E-state index in [1.54, 1.807) is 16.2 Å². The van der Waals surface area contributed by atoms with Crippen molar-refractivity contribution in [2.24, 2.45) is 5.92 Å². The second kappa shape index (κ2) is 9.39. The third kappa shape index (κ3) is 5.76. The Morgan fingerprint density at radius 2 is 2.29 bits per heavy atom. The fourth-order valence-electron chi connectivity index (χ4n) is 3.21. The number of aliphatic hydroxyl groups is 1. The van der Waals surface area contributed by atoms with E-state index in [1.165, 1.54) is 17.7 Å². The van der Waals surface area contributed by atoms with E-state index in [-0.39, 0.29) is 12.6 Å². The molecule has 2 heterocycles. The second-order valence-electron chi connectivity index (χ2n) is 6.94. The van der Waals surface area contributed by atoms with Gasteiger partial charge >= 0.3 is 6.03 Å². The van der Waals surface area contributed by atoms with Crippen molar-refractivity contribution >= 4 is 17.4 Å². The summed E-state index contributed by atoms with van der Waals surface area (Å²) in [6, 6.07) is 4.62. The van der Waals surface area contributed by atoms with Gasteiger partial charge in [0.1, 0.15) is 0 Å². The molecule has 0 spiro atoms. The van der Waals surface area contributed by atoms with Gasteiger partial charge in [-0.3, -0.25) is 0 Å². The second-order valence-corrected chi connectivity index (χ2v) is 8.31. The summed E-state index contributed by atoms with van der Waals surface area (Å²) in [7, 11) is 0. The molecule has 136 valence electrons. The largest absolute Gasteiger partial charge is 0.395 e. The molecule has 1 aromatic rings. The predicted molar refractivity (Wildman–Crippen MR) is 99.4 cm³/mol. The van der Waals surface area contributed by atoms with E-state index in [4.69, 9.17) is 0 Å². The lowest BCUT2D eigenvalue weighted by Gasteiger charge is -2.35. The Hall–Kier alpha value is -1.11. The number of nitrogens with one attached hydrogen (secondary N) is 1. The number of nitrogens with zero attached hydrogens (tertiary/aromatic N) is 2. The van der Waals surface area contributed by atoms with Crippen LogP contribution in [0.3, 0.4) is 0 Å². The molecule has 0 aromatic carbocycles. The summed E-state index contributed by atoms with van der Waals surface area (Å²) in [6.07, 6.45) is 2.38. The molecule has 1 atom stereocenters. The zero-order chi connectivity index (χ0) is 17.5. The molecule has 1 fully saturated rings. The highest BCUT2D eigenvalue weighted by Gasteiger charge is 2.23. The van der Waals surface area contributed by atoms with Crippen LogP contribution in [0, 0.1) is 12.8 Å². The van der Waals surface area contributed by atoms with Gasteiger partial charge in [-0.2, -0.15) is 0 Å². The molecular formula is C18H31N3O2S. The molecule has 0 saturated carbocycles. The average molecular weight is 354 g/mol. The quantitative estimate of drug-likeness (QED) is 0.792. The van der Waals surface area contributed by atoms with Crippen molar-refractivity contribution in [3.8, 4) is 0 Å². The summed E-state index contributed by atoms with van der Waals surface area (Å²) in [5.74, 6) is 0.519. The minimum Gasteiger partial charge on any atom is -0.395 e. The first-order chi connectivity index (χ1) is 11.5. The molecule has 0 bridgehead atoms. The van der Waals surface area contributed by atoms with Gasteiger partial charge in [0.15, 0.2) is 0 Å². The highest BCUT2D eigenvalue weighted by molar-refractivity contribution is 7.11. The van der Waals surface area contributed by atoms with Gasteiger partial charge in [-0.25, -0.2) is 4.79 Å². The molecule has 2 rings (SSSR count). The summed E-state index contributed by atoms with van der Waals surface area (Å²) >= 11 is 1.70. The maximum atomic E-state index is 12.5. The van der Waals surface area contributed by atoms with Gasteiger partial charge in [-0.1, -0.05) is 0 Å². The molecule has 1 aromatic heterocycles. The fourth-order valence-corrected chi connectivity index (χ4v) is 4.11. The summed E-state index contributed by atoms with van der Waals surface area (Å²) in [5.41, 5.74) is 0. The van der Waals surface area contributed by atoms with Crippen LogP contribution in [-0.4, -0.2) is 59.8 Å². The molecule has 0 aliphatic carbocycles. The van der Waals surface area contributed by atoms with E-state index >= 15 is 0 Å². The zero-order valence-corrected chi connectivity index (χ0v) is 15.9. The molecule has 5 nitrogen and oxygen atoms in total. The Balaban J connectivity index is 1.83. The van der Waals surface area contributed by atoms with Gasteiger partial charge in [0.2, 0.25) is 0 Å². The first-order valence-electron chi connectivity index (χ1n) is 8.92. The third-order valence-corrected chi connectivity index (χ3v) is 5.61. The van der Waals surface area contributed by atoms with Gasteiger partial charge in [-0.05, 0) is 58.2 Å². The number of carbonyl (C=O) groups is 1. The van der Waals surface area contributed by atoms with E-state index in [9.17, 15) is 9.90 Å². The first-order valence-corrected chi connectivity index (χ1v) is 9.74. The number of thiophene rings is 1. The predicted octanol–water partition coefficient (Wildman–Crippen LogP) is 2.68. The van der Waals surface area contributed by atoms with Crippen LogP contribution in [0.5, 0.6) is 0 Å². The van der Waals surface area contributed by atoms with E-state index in [0.29, 0.717) is 31.6 Å². The normalized spacial score (nSPS) is 18.8. The molecule has 1 aliphatic rings. The zero-order valence-electron chi connectivity index (χ0n) is 15.1. The Kier molecular flexibility index (Phi) is 7.52. The van der Waals surface area contributed by atoms with Crippen LogP contribution < -0.4 is 5.32 Å². The molecule has 0 radical (unpaired) electrons. The third-order valence-electron chi connectivity index (χ3n) is 4.62. The molecule has 1 saturated heterocycles. The number of hydrogen-bond donors (Lipinski definition) is 2. The van der Waals surface area contributed by atoms with Gasteiger partial charge < -0.3 is 20.2 Å². The Bertz CT molecular complexity index is 518. The topological polar surface area (TPSA) is 55.8 Å². The van der Waals surface area contributed by atoms with E-state index in [0.717, 1.165) is 18.0 Å². The maximum absolute atomic E-state index is 12.5. The maximum Gasteiger partial charge on any atom is 0.317 e. The van der Waals surface area contributed by atoms with Crippen LogP contribution >= 0.6 is 11.3 Å². The summed E-state index contributed by atoms with van der Waals surface area (Å²) < 4.78 is 0. The molecule has 24 heavy (non-hydrogen) atoms. The van der Waals surface area contributed by atoms with Crippen molar-refractivity contribution in [1.82, 2.24) is 15.1 Å². The van der Waals surface area contributed by atoms with Gasteiger partial charge in [0, 0.05) is 35.4 Å². The van der Waals surface area contributed by atoms with Gasteiger partial charge in [0.25, 0.3) is 0 Å². The number of urea groups is 1. The summed E-state index contributed by atoms with van der Waals surface area (Å²) in [4.78, 5) is 19.1. The van der Waals surface area contributed by atoms with Crippen molar-refractivity contribution in [1.29, 1.82) is 0 Å². The van der Waals surface area contributed by atoms with Crippen molar-refractivity contribution < 1.29 is 9.90 Å². The highest BCUT2D eigenvalue weighted by atomic mass is 32.1. The molecule has 2 N–H and O–H groups in total. The lowest BCUT2D eigenvalue weighted by molar-refractivity contribution is 0.135. The van der Waals surface area contributed by atoms with Gasteiger partial charge in [-0.15, -0.1) is 11.3 Å². The number of aryl methyl sites for hydroxylation is 1. The van der Waals surface area contributed by atoms with Crippen LogP contribution in [0.15, 0.2) is 12.1 Å². The fraction of sp³-hybridized carbons (Fsp3) is 0.722. The number of amides is 2. The van der Waals surface area contributed by atoms with E-state index in [1.807, 2.05) is 0 Å². The molecule has 2 amide bonds. The molecule has 0 unspecified atom stereocenters. The van der Waals surface area contributed by atoms with E-state index in [2.05, 4.69) is 43.1 Å². The van der Waals surface area contributed by atoms with Gasteiger partial charge in [0.05, 0.1) is 13.2 Å². The van der Waals surface area contributed by atoms with Crippen molar-refractivity contribution in [3.05, 3.63) is 21.9 Å². The minimum absolute atomic E-state index is 0.0116. The standard InChI is InChI=1S/C18H31N3O2S/c1-14(2)20-8-4-5-16(12-20)11-19-18(23)21(9-10-22)13-17-7-6-15(3)24-17/h6-7,14,16,22H,4-5,8-13H2,1-3H3,(H,19,23)/t16-/m0/s1. The van der Waals surface area contributed by atoms with Crippen molar-refractivity contribution in [3.63, 3.8) is 0 Å². The number of piperidine rings is 1. The monoisotopic (exact) mass is 353 g/mol. The highest BCUT2D eigenvalue weighted by Crippen LogP contribution is 2.19. The number of likely N-dealkylation sites (tertiary alicyclic amines) is 1. The Morgan fingerprint density at radius 3 is 2.92 bits per heavy atom. The smallest absolute Gasteiger partial charge is 0.317 e. The molecular weight excluding hydrogens is 322 g/mol. The molecule has 6 heteroatoms. The van der Waals surface area contributed by atoms with Crippen LogP contribution in [0.25, 0.3) is 0 Å². The van der Waals surface area contributed by atoms with Crippen LogP contribution in [0.1, 0.15) is 36.4 Å². The van der Waals surface area contributed by atoms with E-state index < -0.39 is 0 Å². The average Bonchev–Trinajstić information content (AvgIpc) is 2.97.